The lowest BCUT2D eigenvalue weighted by atomic mass is 9.91. The summed E-state index contributed by atoms with van der Waals surface area (Å²) >= 11 is 0. The summed E-state index contributed by atoms with van der Waals surface area (Å²) in [5.74, 6) is 1.61. The molecule has 3 heterocycles. The van der Waals surface area contributed by atoms with Crippen LogP contribution in [0.15, 0.2) is 35.0 Å². The zero-order valence-electron chi connectivity index (χ0n) is 18.2. The Balaban J connectivity index is 1.47. The average Bonchev–Trinajstić information content (AvgIpc) is 3.48. The van der Waals surface area contributed by atoms with Gasteiger partial charge in [0.15, 0.2) is 0 Å². The summed E-state index contributed by atoms with van der Waals surface area (Å²) in [4.78, 5) is 4.76. The Morgan fingerprint density at radius 1 is 1.03 bits per heavy atom. The van der Waals surface area contributed by atoms with Gasteiger partial charge in [0.2, 0.25) is 5.82 Å². The molecule has 0 unspecified atom stereocenters. The Bertz CT molecular complexity index is 982. The van der Waals surface area contributed by atoms with Crippen LogP contribution in [-0.4, -0.2) is 40.2 Å². The van der Waals surface area contributed by atoms with Crippen molar-refractivity contribution in [2.75, 3.05) is 20.3 Å². The molecule has 0 amide bonds. The first kappa shape index (κ1) is 20.4. The van der Waals surface area contributed by atoms with Crippen LogP contribution in [0.2, 0.25) is 0 Å². The molecule has 0 bridgehead atoms. The SMILES string of the molecule is CNCc1ccc(-c2noc(-c3cnn(C4CCCCC4)c3C3CCOCC3)n2)cc1. The zero-order chi connectivity index (χ0) is 21.0. The number of ether oxygens (including phenoxy) is 1. The number of aromatic nitrogens is 4. The summed E-state index contributed by atoms with van der Waals surface area (Å²) in [6, 6.07) is 8.76. The monoisotopic (exact) mass is 421 g/mol. The maximum atomic E-state index is 5.76. The number of hydrogen-bond acceptors (Lipinski definition) is 6. The van der Waals surface area contributed by atoms with Crippen LogP contribution in [0.25, 0.3) is 22.8 Å². The second kappa shape index (κ2) is 9.32. The summed E-state index contributed by atoms with van der Waals surface area (Å²) < 4.78 is 13.7. The third-order valence-corrected chi connectivity index (χ3v) is 6.61. The lowest BCUT2D eigenvalue weighted by Gasteiger charge is -2.29. The Morgan fingerprint density at radius 3 is 2.55 bits per heavy atom. The molecule has 31 heavy (non-hydrogen) atoms. The van der Waals surface area contributed by atoms with Crippen LogP contribution in [0, 0.1) is 0 Å². The van der Waals surface area contributed by atoms with Crippen LogP contribution < -0.4 is 5.32 Å². The minimum atomic E-state index is 0.421. The first-order valence-electron chi connectivity index (χ1n) is 11.6. The standard InChI is InChI=1S/C24H31N5O2/c1-25-15-17-7-9-19(10-8-17)23-27-24(31-28-23)21-16-26-29(20-5-3-2-4-6-20)22(21)18-11-13-30-14-12-18/h7-10,16,18,20,25H,2-6,11-15H2,1H3. The normalized spacial score (nSPS) is 18.5. The fourth-order valence-electron chi connectivity index (χ4n) is 4.96. The van der Waals surface area contributed by atoms with Crippen molar-refractivity contribution in [3.8, 4) is 22.8 Å². The molecule has 2 aliphatic rings. The predicted octanol–water partition coefficient (Wildman–Crippen LogP) is 4.72. The summed E-state index contributed by atoms with van der Waals surface area (Å²) in [6.07, 6.45) is 10.3. The van der Waals surface area contributed by atoms with Gasteiger partial charge in [-0.2, -0.15) is 10.1 Å². The van der Waals surface area contributed by atoms with Crippen LogP contribution in [0.3, 0.4) is 0 Å². The van der Waals surface area contributed by atoms with E-state index in [2.05, 4.69) is 27.3 Å². The maximum Gasteiger partial charge on any atom is 0.261 e. The first-order chi connectivity index (χ1) is 15.3. The molecular weight excluding hydrogens is 390 g/mol. The Kier molecular flexibility index (Phi) is 6.13. The number of nitrogens with one attached hydrogen (secondary N) is 1. The zero-order valence-corrected chi connectivity index (χ0v) is 18.2. The molecule has 1 N–H and O–H groups in total. The molecule has 0 spiro atoms. The van der Waals surface area contributed by atoms with Crippen molar-refractivity contribution in [3.63, 3.8) is 0 Å². The van der Waals surface area contributed by atoms with Gasteiger partial charge < -0.3 is 14.6 Å². The average molecular weight is 422 g/mol. The number of hydrogen-bond donors (Lipinski definition) is 1. The molecule has 1 aromatic carbocycles. The molecule has 2 aromatic heterocycles. The lowest BCUT2D eigenvalue weighted by Crippen LogP contribution is -2.22. The van der Waals surface area contributed by atoms with Crippen molar-refractivity contribution in [3.05, 3.63) is 41.7 Å². The smallest absolute Gasteiger partial charge is 0.261 e. The highest BCUT2D eigenvalue weighted by atomic mass is 16.5. The molecule has 5 rings (SSSR count). The third-order valence-electron chi connectivity index (χ3n) is 6.61. The van der Waals surface area contributed by atoms with Gasteiger partial charge >= 0.3 is 0 Å². The van der Waals surface area contributed by atoms with Crippen molar-refractivity contribution >= 4 is 0 Å². The van der Waals surface area contributed by atoms with Gasteiger partial charge in [0.05, 0.1) is 23.5 Å². The van der Waals surface area contributed by atoms with E-state index in [0.29, 0.717) is 23.7 Å². The van der Waals surface area contributed by atoms with E-state index in [1.165, 1.54) is 43.4 Å². The molecule has 1 saturated heterocycles. The Hall–Kier alpha value is -2.51. The maximum absolute atomic E-state index is 5.76. The molecule has 1 aliphatic heterocycles. The van der Waals surface area contributed by atoms with E-state index in [1.807, 2.05) is 25.4 Å². The Labute approximate surface area is 183 Å². The van der Waals surface area contributed by atoms with E-state index in [-0.39, 0.29) is 0 Å². The van der Waals surface area contributed by atoms with Crippen LogP contribution in [0.1, 0.15) is 68.2 Å². The fourth-order valence-corrected chi connectivity index (χ4v) is 4.96. The van der Waals surface area contributed by atoms with Crippen LogP contribution in [0.5, 0.6) is 0 Å². The molecule has 3 aromatic rings. The number of benzene rings is 1. The summed E-state index contributed by atoms with van der Waals surface area (Å²) in [7, 11) is 1.95. The topological polar surface area (TPSA) is 78.0 Å². The van der Waals surface area contributed by atoms with Crippen LogP contribution in [-0.2, 0) is 11.3 Å². The molecular formula is C24H31N5O2. The molecule has 7 nitrogen and oxygen atoms in total. The number of nitrogens with zero attached hydrogens (tertiary/aromatic N) is 4. The lowest BCUT2D eigenvalue weighted by molar-refractivity contribution is 0.0828. The van der Waals surface area contributed by atoms with E-state index in [9.17, 15) is 0 Å². The van der Waals surface area contributed by atoms with Gasteiger partial charge in [-0.25, -0.2) is 0 Å². The highest BCUT2D eigenvalue weighted by Gasteiger charge is 2.30. The fraction of sp³-hybridized carbons (Fsp3) is 0.542. The van der Waals surface area contributed by atoms with E-state index >= 15 is 0 Å². The molecule has 1 saturated carbocycles. The molecule has 7 heteroatoms. The van der Waals surface area contributed by atoms with E-state index < -0.39 is 0 Å². The van der Waals surface area contributed by atoms with E-state index in [1.54, 1.807) is 0 Å². The second-order valence-electron chi connectivity index (χ2n) is 8.72. The van der Waals surface area contributed by atoms with Gasteiger partial charge in [0.1, 0.15) is 0 Å². The van der Waals surface area contributed by atoms with Gasteiger partial charge in [-0.3, -0.25) is 4.68 Å². The van der Waals surface area contributed by atoms with Crippen LogP contribution >= 0.6 is 0 Å². The Morgan fingerprint density at radius 2 is 1.81 bits per heavy atom. The third kappa shape index (κ3) is 4.29. The van der Waals surface area contributed by atoms with E-state index in [0.717, 1.165) is 43.7 Å². The van der Waals surface area contributed by atoms with Gasteiger partial charge in [-0.05, 0) is 38.3 Å². The molecule has 0 radical (unpaired) electrons. The highest BCUT2D eigenvalue weighted by Crippen LogP contribution is 2.39. The molecule has 2 fully saturated rings. The second-order valence-corrected chi connectivity index (χ2v) is 8.72. The van der Waals surface area contributed by atoms with Crippen molar-refractivity contribution in [1.82, 2.24) is 25.2 Å². The van der Waals surface area contributed by atoms with Gasteiger partial charge in [0, 0.05) is 31.2 Å². The highest BCUT2D eigenvalue weighted by molar-refractivity contribution is 5.62. The van der Waals surface area contributed by atoms with Gasteiger partial charge in [-0.15, -0.1) is 0 Å². The number of rotatable bonds is 6. The largest absolute Gasteiger partial charge is 0.381 e. The summed E-state index contributed by atoms with van der Waals surface area (Å²) in [5, 5.41) is 12.3. The quantitative estimate of drug-likeness (QED) is 0.621. The van der Waals surface area contributed by atoms with Gasteiger partial charge in [0.25, 0.3) is 5.89 Å². The van der Waals surface area contributed by atoms with E-state index in [4.69, 9.17) is 19.3 Å². The minimum Gasteiger partial charge on any atom is -0.381 e. The molecule has 0 atom stereocenters. The van der Waals surface area contributed by atoms with Crippen molar-refractivity contribution < 1.29 is 9.26 Å². The van der Waals surface area contributed by atoms with Gasteiger partial charge in [-0.1, -0.05) is 48.7 Å². The van der Waals surface area contributed by atoms with Crippen molar-refractivity contribution in [2.45, 2.75) is 63.5 Å². The molecule has 164 valence electrons. The van der Waals surface area contributed by atoms with Crippen molar-refractivity contribution in [2.24, 2.45) is 0 Å². The first-order valence-corrected chi connectivity index (χ1v) is 11.6. The van der Waals surface area contributed by atoms with Crippen molar-refractivity contribution in [1.29, 1.82) is 0 Å². The molecule has 1 aliphatic carbocycles. The van der Waals surface area contributed by atoms with Crippen LogP contribution in [0.4, 0.5) is 0 Å². The predicted molar refractivity (Wildman–Crippen MR) is 119 cm³/mol. The summed E-state index contributed by atoms with van der Waals surface area (Å²) in [5.41, 5.74) is 4.44. The minimum absolute atomic E-state index is 0.421. The summed E-state index contributed by atoms with van der Waals surface area (Å²) in [6.45, 7) is 2.44.